The lowest BCUT2D eigenvalue weighted by molar-refractivity contribution is -0.137. The molecule has 0 N–H and O–H groups in total. The van der Waals surface area contributed by atoms with Gasteiger partial charge in [-0.2, -0.15) is 18.4 Å². The SMILES string of the molecule is C[C@H](Oc1ccc(C(F)(F)F)cn1)[C@H]1CN(C(=O)c2ccc(C#N)cc2)C[C@@H]1c1ccc(Cl)c(Cl)c1. The Balaban J connectivity index is 1.59. The van der Waals surface area contributed by atoms with Gasteiger partial charge in [0.15, 0.2) is 0 Å². The summed E-state index contributed by atoms with van der Waals surface area (Å²) in [7, 11) is 0. The first-order valence-electron chi connectivity index (χ1n) is 11.0. The number of amides is 1. The van der Waals surface area contributed by atoms with Crippen LogP contribution in [0.3, 0.4) is 0 Å². The minimum atomic E-state index is -4.49. The highest BCUT2D eigenvalue weighted by atomic mass is 35.5. The number of carbonyl (C=O) groups excluding carboxylic acids is 1. The first-order valence-corrected chi connectivity index (χ1v) is 11.8. The van der Waals surface area contributed by atoms with Crippen LogP contribution in [0.15, 0.2) is 60.8 Å². The zero-order valence-electron chi connectivity index (χ0n) is 19.0. The monoisotopic (exact) mass is 533 g/mol. The maximum absolute atomic E-state index is 13.2. The summed E-state index contributed by atoms with van der Waals surface area (Å²) >= 11 is 12.3. The molecule has 0 spiro atoms. The molecule has 1 aliphatic heterocycles. The number of nitriles is 1. The Hall–Kier alpha value is -3.28. The fourth-order valence-electron chi connectivity index (χ4n) is 4.33. The second-order valence-corrected chi connectivity index (χ2v) is 9.36. The second kappa shape index (κ2) is 10.4. The van der Waals surface area contributed by atoms with Gasteiger partial charge in [-0.05, 0) is 55.0 Å². The summed E-state index contributed by atoms with van der Waals surface area (Å²) in [5.74, 6) is -0.535. The van der Waals surface area contributed by atoms with Crippen molar-refractivity contribution >= 4 is 29.1 Å². The molecule has 1 aromatic heterocycles. The van der Waals surface area contributed by atoms with Crippen LogP contribution in [0, 0.1) is 17.2 Å². The normalized spacial score (nSPS) is 18.5. The number of hydrogen-bond donors (Lipinski definition) is 0. The highest BCUT2D eigenvalue weighted by molar-refractivity contribution is 6.42. The Labute approximate surface area is 216 Å². The van der Waals surface area contributed by atoms with Gasteiger partial charge in [0.25, 0.3) is 5.91 Å². The average molecular weight is 534 g/mol. The molecular formula is C26H20Cl2F3N3O2. The molecule has 0 unspecified atom stereocenters. The van der Waals surface area contributed by atoms with Gasteiger partial charge in [0.1, 0.15) is 6.10 Å². The molecule has 36 heavy (non-hydrogen) atoms. The molecule has 1 amide bonds. The zero-order chi connectivity index (χ0) is 26.0. The molecule has 10 heteroatoms. The number of pyridine rings is 1. The highest BCUT2D eigenvalue weighted by Gasteiger charge is 2.40. The van der Waals surface area contributed by atoms with Crippen molar-refractivity contribution in [3.8, 4) is 11.9 Å². The van der Waals surface area contributed by atoms with Gasteiger partial charge >= 0.3 is 6.18 Å². The number of carbonyl (C=O) groups is 1. The number of rotatable bonds is 5. The summed E-state index contributed by atoms with van der Waals surface area (Å²) in [6.45, 7) is 2.51. The Morgan fingerprint density at radius 3 is 2.42 bits per heavy atom. The molecule has 3 atom stereocenters. The third-order valence-corrected chi connectivity index (χ3v) is 7.00. The van der Waals surface area contributed by atoms with E-state index in [0.29, 0.717) is 34.3 Å². The van der Waals surface area contributed by atoms with E-state index in [2.05, 4.69) is 4.98 Å². The number of halogens is 5. The number of hydrogen-bond acceptors (Lipinski definition) is 4. The van der Waals surface area contributed by atoms with Crippen LogP contribution in [0.2, 0.25) is 10.0 Å². The molecule has 1 aliphatic rings. The van der Waals surface area contributed by atoms with Gasteiger partial charge in [-0.1, -0.05) is 29.3 Å². The Morgan fingerprint density at radius 2 is 1.83 bits per heavy atom. The lowest BCUT2D eigenvalue weighted by Gasteiger charge is -2.25. The molecule has 2 heterocycles. The number of aromatic nitrogens is 1. The second-order valence-electron chi connectivity index (χ2n) is 8.55. The van der Waals surface area contributed by atoms with E-state index in [1.807, 2.05) is 12.1 Å². The van der Waals surface area contributed by atoms with E-state index >= 15 is 0 Å². The fourth-order valence-corrected chi connectivity index (χ4v) is 4.64. The number of nitrogens with zero attached hydrogens (tertiary/aromatic N) is 3. The average Bonchev–Trinajstić information content (AvgIpc) is 3.31. The Bertz CT molecular complexity index is 1290. The smallest absolute Gasteiger partial charge is 0.417 e. The van der Waals surface area contributed by atoms with Crippen LogP contribution >= 0.6 is 23.2 Å². The molecule has 5 nitrogen and oxygen atoms in total. The minimum absolute atomic E-state index is 0.0558. The molecule has 0 aliphatic carbocycles. The van der Waals surface area contributed by atoms with Crippen molar-refractivity contribution in [3.63, 3.8) is 0 Å². The van der Waals surface area contributed by atoms with Gasteiger partial charge < -0.3 is 9.64 Å². The molecule has 0 saturated carbocycles. The summed E-state index contributed by atoms with van der Waals surface area (Å²) in [5, 5.41) is 9.79. The molecular weight excluding hydrogens is 514 g/mol. The van der Waals surface area contributed by atoms with Gasteiger partial charge in [0.2, 0.25) is 5.88 Å². The number of alkyl halides is 3. The maximum atomic E-state index is 13.2. The van der Waals surface area contributed by atoms with Crippen molar-refractivity contribution < 1.29 is 22.7 Å². The molecule has 1 fully saturated rings. The number of benzene rings is 2. The van der Waals surface area contributed by atoms with Crippen LogP contribution in [0.4, 0.5) is 13.2 Å². The quantitative estimate of drug-likeness (QED) is 0.370. The molecule has 3 aromatic rings. The van der Waals surface area contributed by atoms with Gasteiger partial charge in [0.05, 0.1) is 27.2 Å². The molecule has 186 valence electrons. The van der Waals surface area contributed by atoms with Crippen molar-refractivity contribution in [2.24, 2.45) is 5.92 Å². The van der Waals surface area contributed by atoms with Crippen LogP contribution < -0.4 is 4.74 Å². The van der Waals surface area contributed by atoms with Crippen LogP contribution in [-0.4, -0.2) is 35.0 Å². The minimum Gasteiger partial charge on any atom is -0.474 e. The fraction of sp³-hybridized carbons (Fsp3) is 0.269. The van der Waals surface area contributed by atoms with Crippen molar-refractivity contribution in [2.75, 3.05) is 13.1 Å². The van der Waals surface area contributed by atoms with Gasteiger partial charge in [-0.15, -0.1) is 0 Å². The van der Waals surface area contributed by atoms with Crippen molar-refractivity contribution in [1.82, 2.24) is 9.88 Å². The molecule has 0 radical (unpaired) electrons. The Kier molecular flexibility index (Phi) is 7.43. The predicted molar refractivity (Wildman–Crippen MR) is 129 cm³/mol. The molecule has 4 rings (SSSR count). The summed E-state index contributed by atoms with van der Waals surface area (Å²) in [4.78, 5) is 18.7. The standard InChI is InChI=1S/C26H20Cl2F3N3O2/c1-15(36-24-9-7-19(12-33-24)26(29,30)31)20-13-34(25(35)17-4-2-16(11-32)3-5-17)14-21(20)18-6-8-22(27)23(28)10-18/h2-10,12,15,20-21H,13-14H2,1H3/t15-,20+,21+/m0/s1. The van der Waals surface area contributed by atoms with E-state index in [1.165, 1.54) is 6.07 Å². The summed E-state index contributed by atoms with van der Waals surface area (Å²) in [6.07, 6.45) is -4.26. The van der Waals surface area contributed by atoms with Crippen LogP contribution in [-0.2, 0) is 6.18 Å². The van der Waals surface area contributed by atoms with E-state index in [9.17, 15) is 18.0 Å². The van der Waals surface area contributed by atoms with E-state index in [4.69, 9.17) is 33.2 Å². The Morgan fingerprint density at radius 1 is 1.11 bits per heavy atom. The van der Waals surface area contributed by atoms with E-state index in [0.717, 1.165) is 17.8 Å². The zero-order valence-corrected chi connectivity index (χ0v) is 20.5. The predicted octanol–water partition coefficient (Wildman–Crippen LogP) is 6.60. The molecule has 0 bridgehead atoms. The van der Waals surface area contributed by atoms with Crippen molar-refractivity contribution in [2.45, 2.75) is 25.1 Å². The lowest BCUT2D eigenvalue weighted by atomic mass is 9.86. The lowest BCUT2D eigenvalue weighted by Crippen LogP contribution is -2.32. The first-order chi connectivity index (χ1) is 17.1. The van der Waals surface area contributed by atoms with E-state index < -0.39 is 17.8 Å². The topological polar surface area (TPSA) is 66.2 Å². The molecule has 2 aromatic carbocycles. The van der Waals surface area contributed by atoms with Crippen molar-refractivity contribution in [1.29, 1.82) is 5.26 Å². The van der Waals surface area contributed by atoms with E-state index in [1.54, 1.807) is 48.2 Å². The first kappa shape index (κ1) is 25.8. The van der Waals surface area contributed by atoms with Crippen LogP contribution in [0.1, 0.15) is 39.9 Å². The number of ether oxygens (including phenoxy) is 1. The van der Waals surface area contributed by atoms with Crippen molar-refractivity contribution in [3.05, 3.63) is 93.1 Å². The maximum Gasteiger partial charge on any atom is 0.417 e. The molecule has 1 saturated heterocycles. The van der Waals surface area contributed by atoms with Gasteiger partial charge in [-0.25, -0.2) is 4.98 Å². The largest absolute Gasteiger partial charge is 0.474 e. The van der Waals surface area contributed by atoms with Gasteiger partial charge in [0, 0.05) is 42.8 Å². The third-order valence-electron chi connectivity index (χ3n) is 6.26. The summed E-state index contributed by atoms with van der Waals surface area (Å²) in [6, 6.07) is 15.8. The summed E-state index contributed by atoms with van der Waals surface area (Å²) < 4.78 is 44.5. The van der Waals surface area contributed by atoms with Crippen LogP contribution in [0.5, 0.6) is 5.88 Å². The van der Waals surface area contributed by atoms with Crippen LogP contribution in [0.25, 0.3) is 0 Å². The van der Waals surface area contributed by atoms with E-state index in [-0.39, 0.29) is 23.6 Å². The third kappa shape index (κ3) is 5.58. The van der Waals surface area contributed by atoms with Gasteiger partial charge in [-0.3, -0.25) is 4.79 Å². The number of likely N-dealkylation sites (tertiary alicyclic amines) is 1. The summed E-state index contributed by atoms with van der Waals surface area (Å²) in [5.41, 5.74) is 0.891. The highest BCUT2D eigenvalue weighted by Crippen LogP contribution is 2.39.